The third kappa shape index (κ3) is 1.91. The summed E-state index contributed by atoms with van der Waals surface area (Å²) >= 11 is 10.7. The fraction of sp³-hybridized carbons (Fsp3) is 0.800. The zero-order valence-corrected chi connectivity index (χ0v) is 9.42. The fourth-order valence-electron chi connectivity index (χ4n) is 2.34. The Morgan fingerprint density at radius 3 is 2.00 bits per heavy atom. The number of likely N-dealkylation sites (tertiary alicyclic amines) is 1. The highest BCUT2D eigenvalue weighted by molar-refractivity contribution is 7.82. The molecule has 1 saturated carbocycles. The van der Waals surface area contributed by atoms with E-state index in [-0.39, 0.29) is 0 Å². The van der Waals surface area contributed by atoms with Crippen molar-refractivity contribution in [1.82, 2.24) is 4.90 Å². The minimum atomic E-state index is 0.649. The molecule has 13 heavy (non-hydrogen) atoms. The first-order valence-electron chi connectivity index (χ1n) is 5.14. The Morgan fingerprint density at radius 2 is 1.46 bits per heavy atom. The minimum Gasteiger partial charge on any atom is -0.327 e. The predicted octanol–water partition coefficient (Wildman–Crippen LogP) is 3.07. The molecule has 1 aliphatic heterocycles. The maximum atomic E-state index is 5.34. The summed E-state index contributed by atoms with van der Waals surface area (Å²) < 4.78 is 0. The van der Waals surface area contributed by atoms with Crippen molar-refractivity contribution in [2.45, 2.75) is 51.0 Å². The van der Waals surface area contributed by atoms with Crippen LogP contribution in [-0.4, -0.2) is 20.9 Å². The van der Waals surface area contributed by atoms with Gasteiger partial charge in [-0.25, -0.2) is 0 Å². The number of hydrogen-bond acceptors (Lipinski definition) is 2. The minimum absolute atomic E-state index is 0.649. The van der Waals surface area contributed by atoms with Crippen LogP contribution in [0.25, 0.3) is 0 Å². The molecule has 2 aliphatic rings. The lowest BCUT2D eigenvalue weighted by Gasteiger charge is -2.32. The van der Waals surface area contributed by atoms with Crippen molar-refractivity contribution in [3.05, 3.63) is 0 Å². The summed E-state index contributed by atoms with van der Waals surface area (Å²) in [5.41, 5.74) is 0. The Kier molecular flexibility index (Phi) is 2.94. The van der Waals surface area contributed by atoms with Gasteiger partial charge in [0, 0.05) is 18.9 Å². The predicted molar refractivity (Wildman–Crippen MR) is 63.1 cm³/mol. The molecule has 0 N–H and O–H groups in total. The normalized spacial score (nSPS) is 25.7. The van der Waals surface area contributed by atoms with E-state index in [0.29, 0.717) is 6.04 Å². The monoisotopic (exact) mass is 213 g/mol. The molecule has 3 heteroatoms. The van der Waals surface area contributed by atoms with Gasteiger partial charge in [-0.05, 0) is 12.8 Å². The second-order valence-corrected chi connectivity index (χ2v) is 4.89. The van der Waals surface area contributed by atoms with E-state index in [1.807, 2.05) is 0 Å². The van der Waals surface area contributed by atoms with E-state index in [4.69, 9.17) is 24.4 Å². The summed E-state index contributed by atoms with van der Waals surface area (Å²) in [7, 11) is 0. The van der Waals surface area contributed by atoms with Gasteiger partial charge in [-0.15, -0.1) is 0 Å². The lowest BCUT2D eigenvalue weighted by atomic mass is 9.94. The molecule has 0 aromatic carbocycles. The number of nitrogens with zero attached hydrogens (tertiary/aromatic N) is 1. The summed E-state index contributed by atoms with van der Waals surface area (Å²) in [6.07, 6.45) is 8.72. The summed E-state index contributed by atoms with van der Waals surface area (Å²) in [4.78, 5) is 4.46. The van der Waals surface area contributed by atoms with Crippen LogP contribution in [0.2, 0.25) is 0 Å². The highest BCUT2D eigenvalue weighted by Crippen LogP contribution is 2.28. The Balaban J connectivity index is 2.05. The molecule has 0 bridgehead atoms. The van der Waals surface area contributed by atoms with E-state index in [9.17, 15) is 0 Å². The SMILES string of the molecule is S=C1CCC(=S)N1C1CCCCC1. The quantitative estimate of drug-likeness (QED) is 0.616. The molecule has 0 aromatic heterocycles. The number of hydrogen-bond donors (Lipinski definition) is 0. The van der Waals surface area contributed by atoms with Crippen molar-refractivity contribution >= 4 is 34.4 Å². The van der Waals surface area contributed by atoms with Crippen molar-refractivity contribution in [1.29, 1.82) is 0 Å². The smallest absolute Gasteiger partial charge is 0.0834 e. The number of rotatable bonds is 1. The second-order valence-electron chi connectivity index (χ2n) is 3.95. The second kappa shape index (κ2) is 4.01. The van der Waals surface area contributed by atoms with Gasteiger partial charge in [-0.1, -0.05) is 43.7 Å². The Labute approximate surface area is 90.5 Å². The molecule has 1 saturated heterocycles. The van der Waals surface area contributed by atoms with Crippen LogP contribution in [0.3, 0.4) is 0 Å². The van der Waals surface area contributed by atoms with Crippen molar-refractivity contribution in [3.8, 4) is 0 Å². The van der Waals surface area contributed by atoms with Gasteiger partial charge in [0.25, 0.3) is 0 Å². The molecule has 1 heterocycles. The molecule has 0 radical (unpaired) electrons. The van der Waals surface area contributed by atoms with Gasteiger partial charge in [0.1, 0.15) is 0 Å². The van der Waals surface area contributed by atoms with E-state index in [2.05, 4.69) is 4.90 Å². The van der Waals surface area contributed by atoms with Crippen molar-refractivity contribution in [2.24, 2.45) is 0 Å². The Bertz CT molecular complexity index is 215. The zero-order chi connectivity index (χ0) is 9.26. The molecule has 2 fully saturated rings. The average molecular weight is 213 g/mol. The van der Waals surface area contributed by atoms with Gasteiger partial charge >= 0.3 is 0 Å². The van der Waals surface area contributed by atoms with Gasteiger partial charge < -0.3 is 4.90 Å². The van der Waals surface area contributed by atoms with E-state index in [1.54, 1.807) is 0 Å². The van der Waals surface area contributed by atoms with Crippen molar-refractivity contribution in [2.75, 3.05) is 0 Å². The number of thiocarbonyl (C=S) groups is 2. The van der Waals surface area contributed by atoms with Crippen LogP contribution in [0.4, 0.5) is 0 Å². The van der Waals surface area contributed by atoms with Gasteiger partial charge in [-0.3, -0.25) is 0 Å². The first-order valence-corrected chi connectivity index (χ1v) is 5.95. The fourth-order valence-corrected chi connectivity index (χ4v) is 3.12. The van der Waals surface area contributed by atoms with Crippen LogP contribution in [0, 0.1) is 0 Å². The first-order chi connectivity index (χ1) is 6.29. The Hall–Kier alpha value is -0.0200. The summed E-state index contributed by atoms with van der Waals surface area (Å²) in [5.74, 6) is 0. The lowest BCUT2D eigenvalue weighted by molar-refractivity contribution is 0.328. The lowest BCUT2D eigenvalue weighted by Crippen LogP contribution is -2.39. The van der Waals surface area contributed by atoms with Crippen molar-refractivity contribution in [3.63, 3.8) is 0 Å². The average Bonchev–Trinajstić information content (AvgIpc) is 2.48. The van der Waals surface area contributed by atoms with Crippen LogP contribution < -0.4 is 0 Å². The van der Waals surface area contributed by atoms with E-state index < -0.39 is 0 Å². The van der Waals surface area contributed by atoms with Crippen LogP contribution in [0.5, 0.6) is 0 Å². The zero-order valence-electron chi connectivity index (χ0n) is 7.79. The summed E-state index contributed by atoms with van der Waals surface area (Å²) in [5, 5.41) is 0. The third-order valence-electron chi connectivity index (χ3n) is 3.03. The molecule has 2 rings (SSSR count). The van der Waals surface area contributed by atoms with E-state index in [0.717, 1.165) is 22.8 Å². The van der Waals surface area contributed by atoms with Gasteiger partial charge in [-0.2, -0.15) is 0 Å². The molecule has 0 amide bonds. The molecule has 0 aromatic rings. The molecule has 0 unspecified atom stereocenters. The van der Waals surface area contributed by atoms with Crippen LogP contribution >= 0.6 is 24.4 Å². The molecule has 1 nitrogen and oxygen atoms in total. The van der Waals surface area contributed by atoms with Crippen LogP contribution in [-0.2, 0) is 0 Å². The largest absolute Gasteiger partial charge is 0.327 e. The molecule has 72 valence electrons. The molecule has 0 atom stereocenters. The molecular formula is C10H15NS2. The highest BCUT2D eigenvalue weighted by atomic mass is 32.1. The molecule has 1 aliphatic carbocycles. The topological polar surface area (TPSA) is 3.24 Å². The van der Waals surface area contributed by atoms with Gasteiger partial charge in [0.05, 0.1) is 9.98 Å². The standard InChI is InChI=1S/C10H15NS2/c12-9-6-7-10(13)11(9)8-4-2-1-3-5-8/h8H,1-7H2. The maximum absolute atomic E-state index is 5.34. The highest BCUT2D eigenvalue weighted by Gasteiger charge is 2.30. The van der Waals surface area contributed by atoms with E-state index in [1.165, 1.54) is 32.1 Å². The van der Waals surface area contributed by atoms with Crippen LogP contribution in [0.15, 0.2) is 0 Å². The Morgan fingerprint density at radius 1 is 0.923 bits per heavy atom. The third-order valence-corrected chi connectivity index (χ3v) is 3.83. The molecule has 0 spiro atoms. The molecular weight excluding hydrogens is 198 g/mol. The van der Waals surface area contributed by atoms with E-state index >= 15 is 0 Å². The summed E-state index contributed by atoms with van der Waals surface area (Å²) in [6.45, 7) is 0. The maximum Gasteiger partial charge on any atom is 0.0834 e. The summed E-state index contributed by atoms with van der Waals surface area (Å²) in [6, 6.07) is 0.649. The van der Waals surface area contributed by atoms with Gasteiger partial charge in [0.15, 0.2) is 0 Å². The first kappa shape index (κ1) is 9.53. The van der Waals surface area contributed by atoms with Crippen LogP contribution in [0.1, 0.15) is 44.9 Å². The van der Waals surface area contributed by atoms with Gasteiger partial charge in [0.2, 0.25) is 0 Å². The van der Waals surface area contributed by atoms with Crippen molar-refractivity contribution < 1.29 is 0 Å².